The SMILES string of the molecule is Cc1cccc(C(=O)Nc2c3c(nn2-c2cccc(C)c2C)C[S@@](=O)C3)c1. The number of aryl methyl sites for hydroxylation is 2. The van der Waals surface area contributed by atoms with Crippen LogP contribution in [0.4, 0.5) is 5.82 Å². The Bertz CT molecular complexity index is 1090. The lowest BCUT2D eigenvalue weighted by Gasteiger charge is -2.14. The van der Waals surface area contributed by atoms with Crippen molar-refractivity contribution in [3.8, 4) is 5.69 Å². The summed E-state index contributed by atoms with van der Waals surface area (Å²) in [6, 6.07) is 13.5. The van der Waals surface area contributed by atoms with E-state index in [0.29, 0.717) is 22.9 Å². The zero-order valence-corrected chi connectivity index (χ0v) is 16.4. The van der Waals surface area contributed by atoms with Crippen LogP contribution >= 0.6 is 0 Å². The molecule has 4 rings (SSSR count). The van der Waals surface area contributed by atoms with Crippen molar-refractivity contribution < 1.29 is 9.00 Å². The van der Waals surface area contributed by atoms with Crippen molar-refractivity contribution in [2.45, 2.75) is 32.3 Å². The molecule has 0 aliphatic carbocycles. The van der Waals surface area contributed by atoms with Crippen LogP contribution in [0.2, 0.25) is 0 Å². The van der Waals surface area contributed by atoms with Crippen LogP contribution in [-0.2, 0) is 22.3 Å². The van der Waals surface area contributed by atoms with Gasteiger partial charge in [-0.15, -0.1) is 0 Å². The normalized spacial score (nSPS) is 15.6. The van der Waals surface area contributed by atoms with Crippen molar-refractivity contribution in [2.24, 2.45) is 0 Å². The maximum atomic E-state index is 12.9. The van der Waals surface area contributed by atoms with Crippen molar-refractivity contribution in [1.29, 1.82) is 0 Å². The zero-order valence-electron chi connectivity index (χ0n) is 15.6. The van der Waals surface area contributed by atoms with Gasteiger partial charge in [-0.05, 0) is 50.1 Å². The summed E-state index contributed by atoms with van der Waals surface area (Å²) in [5.74, 6) is 1.28. The highest BCUT2D eigenvalue weighted by molar-refractivity contribution is 7.83. The number of rotatable bonds is 3. The number of nitrogens with one attached hydrogen (secondary N) is 1. The van der Waals surface area contributed by atoms with E-state index < -0.39 is 10.8 Å². The molecule has 1 atom stereocenters. The highest BCUT2D eigenvalue weighted by atomic mass is 32.2. The third kappa shape index (κ3) is 3.21. The number of amides is 1. The summed E-state index contributed by atoms with van der Waals surface area (Å²) in [6.07, 6.45) is 0. The van der Waals surface area contributed by atoms with Gasteiger partial charge in [0.2, 0.25) is 0 Å². The molecule has 2 aromatic carbocycles. The van der Waals surface area contributed by atoms with E-state index in [9.17, 15) is 9.00 Å². The second-order valence-electron chi connectivity index (χ2n) is 6.96. The van der Waals surface area contributed by atoms with Crippen molar-refractivity contribution in [3.63, 3.8) is 0 Å². The number of hydrogen-bond donors (Lipinski definition) is 1. The van der Waals surface area contributed by atoms with Gasteiger partial charge in [-0.2, -0.15) is 5.10 Å². The quantitative estimate of drug-likeness (QED) is 0.753. The van der Waals surface area contributed by atoms with Crippen molar-refractivity contribution in [2.75, 3.05) is 5.32 Å². The smallest absolute Gasteiger partial charge is 0.256 e. The number of hydrogen-bond acceptors (Lipinski definition) is 3. The molecule has 5 nitrogen and oxygen atoms in total. The highest BCUT2D eigenvalue weighted by Crippen LogP contribution is 2.33. The molecule has 1 amide bonds. The minimum absolute atomic E-state index is 0.189. The van der Waals surface area contributed by atoms with Crippen LogP contribution in [0.5, 0.6) is 0 Å². The fourth-order valence-corrected chi connectivity index (χ4v) is 4.63. The Morgan fingerprint density at radius 2 is 1.89 bits per heavy atom. The Labute approximate surface area is 160 Å². The van der Waals surface area contributed by atoms with E-state index in [0.717, 1.165) is 33.6 Å². The number of anilines is 1. The monoisotopic (exact) mass is 379 g/mol. The summed E-state index contributed by atoms with van der Waals surface area (Å²) in [6.45, 7) is 6.05. The van der Waals surface area contributed by atoms with Crippen molar-refractivity contribution >= 4 is 22.5 Å². The third-order valence-corrected chi connectivity index (χ3v) is 6.19. The number of nitrogens with zero attached hydrogens (tertiary/aromatic N) is 2. The van der Waals surface area contributed by atoms with Gasteiger partial charge < -0.3 is 5.32 Å². The first kappa shape index (κ1) is 17.7. The summed E-state index contributed by atoms with van der Waals surface area (Å²) < 4.78 is 13.8. The third-order valence-electron chi connectivity index (χ3n) is 4.99. The molecule has 1 aliphatic rings. The second kappa shape index (κ2) is 6.78. The minimum Gasteiger partial charge on any atom is -0.306 e. The van der Waals surface area contributed by atoms with E-state index in [-0.39, 0.29) is 5.91 Å². The summed E-state index contributed by atoms with van der Waals surface area (Å²) in [5, 5.41) is 7.71. The van der Waals surface area contributed by atoms with E-state index in [1.165, 1.54) is 0 Å². The first-order valence-electron chi connectivity index (χ1n) is 8.84. The topological polar surface area (TPSA) is 64.0 Å². The van der Waals surface area contributed by atoms with Crippen LogP contribution in [0.1, 0.15) is 38.3 Å². The molecule has 0 bridgehead atoms. The van der Waals surface area contributed by atoms with E-state index in [1.54, 1.807) is 10.7 Å². The van der Waals surface area contributed by atoms with Crippen LogP contribution in [0.3, 0.4) is 0 Å². The Morgan fingerprint density at radius 3 is 2.67 bits per heavy atom. The molecule has 0 fully saturated rings. The number of benzene rings is 2. The molecule has 27 heavy (non-hydrogen) atoms. The number of fused-ring (bicyclic) bond motifs is 1. The van der Waals surface area contributed by atoms with Gasteiger partial charge in [0, 0.05) is 21.9 Å². The number of carbonyl (C=O) groups excluding carboxylic acids is 1. The van der Waals surface area contributed by atoms with Crippen molar-refractivity contribution in [3.05, 3.63) is 76.0 Å². The average molecular weight is 379 g/mol. The zero-order chi connectivity index (χ0) is 19.1. The molecule has 0 unspecified atom stereocenters. The minimum atomic E-state index is -0.963. The standard InChI is InChI=1S/C21H21N3O2S/c1-13-6-4-8-16(10-13)21(25)22-20-17-11-27(26)12-18(17)23-24(20)19-9-5-7-14(2)15(19)3/h4-10H,11-12H2,1-3H3,(H,22,25)/t27-/m0/s1. The van der Waals surface area contributed by atoms with E-state index in [4.69, 9.17) is 0 Å². The van der Waals surface area contributed by atoms with Gasteiger partial charge in [0.25, 0.3) is 5.91 Å². The molecule has 138 valence electrons. The van der Waals surface area contributed by atoms with E-state index in [1.807, 2.05) is 44.2 Å². The predicted molar refractivity (Wildman–Crippen MR) is 108 cm³/mol. The first-order valence-corrected chi connectivity index (χ1v) is 10.3. The van der Waals surface area contributed by atoms with Gasteiger partial charge >= 0.3 is 0 Å². The predicted octanol–water partition coefficient (Wildman–Crippen LogP) is 3.81. The molecule has 0 saturated carbocycles. The molecule has 2 heterocycles. The van der Waals surface area contributed by atoms with E-state index >= 15 is 0 Å². The maximum absolute atomic E-state index is 12.9. The van der Waals surface area contributed by atoms with Gasteiger partial charge in [0.05, 0.1) is 22.9 Å². The van der Waals surface area contributed by atoms with Gasteiger partial charge in [-0.3, -0.25) is 9.00 Å². The van der Waals surface area contributed by atoms with Gasteiger partial charge in [0.1, 0.15) is 5.82 Å². The number of carbonyl (C=O) groups is 1. The van der Waals surface area contributed by atoms with Gasteiger partial charge in [-0.25, -0.2) is 4.68 Å². The lowest BCUT2D eigenvalue weighted by molar-refractivity contribution is 0.102. The molecule has 0 radical (unpaired) electrons. The lowest BCUT2D eigenvalue weighted by Crippen LogP contribution is -2.17. The summed E-state index contributed by atoms with van der Waals surface area (Å²) >= 11 is 0. The first-order chi connectivity index (χ1) is 12.9. The highest BCUT2D eigenvalue weighted by Gasteiger charge is 2.29. The molecule has 1 aliphatic heterocycles. The molecular weight excluding hydrogens is 358 g/mol. The Kier molecular flexibility index (Phi) is 4.44. The molecule has 0 spiro atoms. The van der Waals surface area contributed by atoms with E-state index in [2.05, 4.69) is 23.4 Å². The summed E-state index contributed by atoms with van der Waals surface area (Å²) in [4.78, 5) is 12.9. The summed E-state index contributed by atoms with van der Waals surface area (Å²) in [5.41, 5.74) is 6.47. The van der Waals surface area contributed by atoms with Crippen LogP contribution in [0, 0.1) is 20.8 Å². The molecule has 6 heteroatoms. The fraction of sp³-hybridized carbons (Fsp3) is 0.238. The second-order valence-corrected chi connectivity index (χ2v) is 8.41. The summed E-state index contributed by atoms with van der Waals surface area (Å²) in [7, 11) is -0.963. The molecular formula is C21H21N3O2S. The van der Waals surface area contributed by atoms with Crippen LogP contribution in [-0.4, -0.2) is 19.9 Å². The van der Waals surface area contributed by atoms with Crippen LogP contribution in [0.15, 0.2) is 42.5 Å². The van der Waals surface area contributed by atoms with Crippen molar-refractivity contribution in [1.82, 2.24) is 9.78 Å². The Balaban J connectivity index is 1.80. The van der Waals surface area contributed by atoms with Crippen LogP contribution < -0.4 is 5.32 Å². The number of aromatic nitrogens is 2. The van der Waals surface area contributed by atoms with Gasteiger partial charge in [-0.1, -0.05) is 29.8 Å². The Hall–Kier alpha value is -2.73. The molecule has 1 N–H and O–H groups in total. The molecule has 0 saturated heterocycles. The fourth-order valence-electron chi connectivity index (χ4n) is 3.36. The largest absolute Gasteiger partial charge is 0.306 e. The van der Waals surface area contributed by atoms with Gasteiger partial charge in [0.15, 0.2) is 0 Å². The maximum Gasteiger partial charge on any atom is 0.256 e. The average Bonchev–Trinajstić information content (AvgIpc) is 3.14. The molecule has 3 aromatic rings. The molecule has 1 aromatic heterocycles. The van der Waals surface area contributed by atoms with Crippen LogP contribution in [0.25, 0.3) is 5.69 Å². The lowest BCUT2D eigenvalue weighted by atomic mass is 10.1. The Morgan fingerprint density at radius 1 is 1.11 bits per heavy atom.